The Hall–Kier alpha value is -4.34. The van der Waals surface area contributed by atoms with E-state index in [1.165, 1.54) is 18.2 Å². The minimum Gasteiger partial charge on any atom is -0.481 e. The number of nitrogens with one attached hydrogen (secondary N) is 1. The number of aliphatic carboxylic acids is 1. The van der Waals surface area contributed by atoms with Crippen molar-refractivity contribution in [2.75, 3.05) is 11.1 Å². The van der Waals surface area contributed by atoms with E-state index in [9.17, 15) is 14.7 Å². The van der Waals surface area contributed by atoms with Crippen LogP contribution < -0.4 is 11.1 Å². The van der Waals surface area contributed by atoms with Crippen LogP contribution in [0, 0.1) is 11.2 Å². The van der Waals surface area contributed by atoms with E-state index in [0.29, 0.717) is 41.6 Å². The molecule has 9 nitrogen and oxygen atoms in total. The third kappa shape index (κ3) is 4.60. The standard InChI is InChI=1S/C29H29FN6O3/c1-29(28(38)39)9-2-3-19(15-29)26-35-23(24-25(31)33-11-12-36(24)26)20-7-6-18(13-21(20)30)27(37)34-22-14-17(8-10-32-22)16-4-5-16/h6-8,10-14,16,19H,2-5,9,15H2,1H3,(H2,31,33)(H,38,39)(H,32,34,37)/t19-,29+/m0/s1. The topological polar surface area (TPSA) is 135 Å². The summed E-state index contributed by atoms with van der Waals surface area (Å²) >= 11 is 0. The largest absolute Gasteiger partial charge is 0.481 e. The predicted molar refractivity (Wildman–Crippen MR) is 144 cm³/mol. The molecule has 0 spiro atoms. The van der Waals surface area contributed by atoms with Crippen LogP contribution in [0.5, 0.6) is 0 Å². The molecule has 1 aromatic carbocycles. The number of imidazole rings is 1. The number of hydrogen-bond donors (Lipinski definition) is 3. The molecular weight excluding hydrogens is 499 g/mol. The van der Waals surface area contributed by atoms with Crippen molar-refractivity contribution in [1.82, 2.24) is 19.4 Å². The molecule has 1 amide bonds. The number of fused-ring (bicyclic) bond motifs is 1. The van der Waals surface area contributed by atoms with Crippen molar-refractivity contribution < 1.29 is 19.1 Å². The number of halogens is 1. The average Bonchev–Trinajstić information content (AvgIpc) is 3.69. The van der Waals surface area contributed by atoms with Crippen molar-refractivity contribution in [3.8, 4) is 11.3 Å². The molecule has 0 unspecified atom stereocenters. The van der Waals surface area contributed by atoms with Gasteiger partial charge in [-0.3, -0.25) is 14.0 Å². The highest BCUT2D eigenvalue weighted by molar-refractivity contribution is 6.04. The number of pyridine rings is 1. The van der Waals surface area contributed by atoms with Gasteiger partial charge in [0.1, 0.15) is 34.5 Å². The van der Waals surface area contributed by atoms with Crippen LogP contribution in [-0.2, 0) is 4.79 Å². The fourth-order valence-corrected chi connectivity index (χ4v) is 5.69. The van der Waals surface area contributed by atoms with Gasteiger partial charge in [0.25, 0.3) is 5.91 Å². The minimum atomic E-state index is -0.860. The van der Waals surface area contributed by atoms with Gasteiger partial charge >= 0.3 is 5.97 Å². The number of hydrogen-bond acceptors (Lipinski definition) is 6. The van der Waals surface area contributed by atoms with E-state index in [0.717, 1.165) is 31.2 Å². The summed E-state index contributed by atoms with van der Waals surface area (Å²) < 4.78 is 17.4. The Labute approximate surface area is 224 Å². The van der Waals surface area contributed by atoms with Gasteiger partial charge in [0.05, 0.1) is 5.41 Å². The highest BCUT2D eigenvalue weighted by Gasteiger charge is 2.40. The van der Waals surface area contributed by atoms with E-state index in [1.807, 2.05) is 12.1 Å². The number of aromatic nitrogens is 4. The first-order chi connectivity index (χ1) is 18.7. The van der Waals surface area contributed by atoms with Gasteiger partial charge in [0, 0.05) is 35.6 Å². The number of anilines is 2. The first-order valence-corrected chi connectivity index (χ1v) is 13.2. The third-order valence-electron chi connectivity index (χ3n) is 8.03. The maximum Gasteiger partial charge on any atom is 0.309 e. The zero-order valence-electron chi connectivity index (χ0n) is 21.5. The van der Waals surface area contributed by atoms with Gasteiger partial charge in [-0.25, -0.2) is 19.3 Å². The second-order valence-electron chi connectivity index (χ2n) is 10.9. The van der Waals surface area contributed by atoms with Gasteiger partial charge in [-0.1, -0.05) is 6.42 Å². The maximum absolute atomic E-state index is 15.6. The quantitative estimate of drug-likeness (QED) is 0.305. The van der Waals surface area contributed by atoms with Gasteiger partial charge in [-0.2, -0.15) is 0 Å². The molecule has 2 atom stereocenters. The fourth-order valence-electron chi connectivity index (χ4n) is 5.69. The fraction of sp³-hybridized carbons (Fsp3) is 0.345. The van der Waals surface area contributed by atoms with E-state index < -0.39 is 23.1 Å². The number of carboxylic acids is 1. The van der Waals surface area contributed by atoms with Crippen LogP contribution in [0.1, 0.15) is 79.0 Å². The highest BCUT2D eigenvalue weighted by atomic mass is 19.1. The van der Waals surface area contributed by atoms with E-state index in [-0.39, 0.29) is 22.9 Å². The van der Waals surface area contributed by atoms with Crippen molar-refractivity contribution in [3.05, 3.63) is 71.7 Å². The summed E-state index contributed by atoms with van der Waals surface area (Å²) in [6.07, 6.45) is 9.72. The van der Waals surface area contributed by atoms with Crippen molar-refractivity contribution in [2.45, 2.75) is 57.3 Å². The normalized spacial score (nSPS) is 21.1. The van der Waals surface area contributed by atoms with Gasteiger partial charge in [0.2, 0.25) is 0 Å². The molecule has 0 bridgehead atoms. The van der Waals surface area contributed by atoms with Crippen LogP contribution >= 0.6 is 0 Å². The number of carbonyl (C=O) groups excluding carboxylic acids is 1. The molecular formula is C29H29FN6O3. The lowest BCUT2D eigenvalue weighted by Gasteiger charge is -2.34. The summed E-state index contributed by atoms with van der Waals surface area (Å²) in [6.45, 7) is 1.76. The monoisotopic (exact) mass is 528 g/mol. The van der Waals surface area contributed by atoms with Crippen molar-refractivity contribution in [3.63, 3.8) is 0 Å². The Kier molecular flexibility index (Phi) is 6.05. The summed E-state index contributed by atoms with van der Waals surface area (Å²) in [5.41, 5.74) is 7.59. The lowest BCUT2D eigenvalue weighted by atomic mass is 9.70. The van der Waals surface area contributed by atoms with Gasteiger partial charge in [0.15, 0.2) is 0 Å². The molecule has 6 rings (SSSR count). The molecule has 0 aliphatic heterocycles. The van der Waals surface area contributed by atoms with E-state index in [4.69, 9.17) is 10.7 Å². The summed E-state index contributed by atoms with van der Waals surface area (Å²) in [5, 5.41) is 12.6. The number of nitrogens with two attached hydrogens (primary N) is 1. The number of nitrogens with zero attached hydrogens (tertiary/aromatic N) is 4. The molecule has 39 heavy (non-hydrogen) atoms. The van der Waals surface area contributed by atoms with Crippen LogP contribution in [0.4, 0.5) is 16.0 Å². The van der Waals surface area contributed by atoms with Crippen LogP contribution in [0.3, 0.4) is 0 Å². The number of carboxylic acid groups (broad SMARTS) is 1. The average molecular weight is 529 g/mol. The molecule has 0 radical (unpaired) electrons. The van der Waals surface area contributed by atoms with Crippen molar-refractivity contribution in [1.29, 1.82) is 0 Å². The predicted octanol–water partition coefficient (Wildman–Crippen LogP) is 5.39. The van der Waals surface area contributed by atoms with Crippen molar-refractivity contribution >= 4 is 29.0 Å². The lowest BCUT2D eigenvalue weighted by molar-refractivity contribution is -0.150. The molecule has 4 aromatic rings. The van der Waals surface area contributed by atoms with Gasteiger partial charge < -0.3 is 16.2 Å². The number of nitrogen functional groups attached to an aromatic ring is 1. The Bertz CT molecular complexity index is 1610. The van der Waals surface area contributed by atoms with Gasteiger partial charge in [-0.15, -0.1) is 0 Å². The zero-order valence-corrected chi connectivity index (χ0v) is 21.5. The van der Waals surface area contributed by atoms with E-state index in [2.05, 4.69) is 15.3 Å². The number of amides is 1. The first kappa shape index (κ1) is 25.0. The number of rotatable bonds is 6. The van der Waals surface area contributed by atoms with E-state index in [1.54, 1.807) is 29.9 Å². The smallest absolute Gasteiger partial charge is 0.309 e. The minimum absolute atomic E-state index is 0.144. The Morgan fingerprint density at radius 1 is 1.13 bits per heavy atom. The summed E-state index contributed by atoms with van der Waals surface area (Å²) in [5.74, 6) is -0.306. The highest BCUT2D eigenvalue weighted by Crippen LogP contribution is 2.45. The lowest BCUT2D eigenvalue weighted by Crippen LogP contribution is -2.33. The molecule has 200 valence electrons. The zero-order chi connectivity index (χ0) is 27.3. The Morgan fingerprint density at radius 2 is 1.95 bits per heavy atom. The van der Waals surface area contributed by atoms with E-state index >= 15 is 4.39 Å². The molecule has 3 aromatic heterocycles. The SMILES string of the molecule is C[C@@]1(C(=O)O)CCC[C@H](c2nc(-c3ccc(C(=O)Nc4cc(C5CC5)ccn4)cc3F)c3c(N)nccn23)C1. The molecule has 10 heteroatoms. The summed E-state index contributed by atoms with van der Waals surface area (Å²) in [4.78, 5) is 38.0. The summed E-state index contributed by atoms with van der Waals surface area (Å²) in [7, 11) is 0. The maximum atomic E-state index is 15.6. The third-order valence-corrected chi connectivity index (χ3v) is 8.03. The van der Waals surface area contributed by atoms with Crippen LogP contribution in [0.25, 0.3) is 16.8 Å². The van der Waals surface area contributed by atoms with Crippen molar-refractivity contribution in [2.24, 2.45) is 5.41 Å². The molecule has 2 saturated carbocycles. The first-order valence-electron chi connectivity index (χ1n) is 13.2. The van der Waals surface area contributed by atoms with Crippen LogP contribution in [-0.4, -0.2) is 36.3 Å². The second-order valence-corrected chi connectivity index (χ2v) is 10.9. The Balaban J connectivity index is 1.33. The molecule has 2 aliphatic carbocycles. The Morgan fingerprint density at radius 3 is 2.69 bits per heavy atom. The number of benzene rings is 1. The molecule has 0 saturated heterocycles. The molecule has 4 N–H and O–H groups in total. The summed E-state index contributed by atoms with van der Waals surface area (Å²) in [6, 6.07) is 8.03. The molecule has 3 heterocycles. The second kappa shape index (κ2) is 9.44. The van der Waals surface area contributed by atoms with Crippen LogP contribution in [0.2, 0.25) is 0 Å². The molecule has 2 aliphatic rings. The number of carbonyl (C=O) groups is 2. The van der Waals surface area contributed by atoms with Crippen LogP contribution in [0.15, 0.2) is 48.9 Å². The van der Waals surface area contributed by atoms with Gasteiger partial charge in [-0.05, 0) is 80.8 Å². The molecule has 2 fully saturated rings.